The lowest BCUT2D eigenvalue weighted by Gasteiger charge is -2.35. The molecule has 0 unspecified atom stereocenters. The van der Waals surface area contributed by atoms with Crippen molar-refractivity contribution in [1.29, 1.82) is 0 Å². The summed E-state index contributed by atoms with van der Waals surface area (Å²) in [6, 6.07) is 3.31. The molecule has 20 heavy (non-hydrogen) atoms. The number of hydrogen-bond acceptors (Lipinski definition) is 4. The Morgan fingerprint density at radius 1 is 1.30 bits per heavy atom. The second-order valence-electron chi connectivity index (χ2n) is 5.64. The number of nitrogens with one attached hydrogen (secondary N) is 1. The first-order valence-corrected chi connectivity index (χ1v) is 6.70. The van der Waals surface area contributed by atoms with Crippen LogP contribution in [-0.4, -0.2) is 28.0 Å². The van der Waals surface area contributed by atoms with Gasteiger partial charge in [0.1, 0.15) is 11.6 Å². The van der Waals surface area contributed by atoms with Crippen LogP contribution in [-0.2, 0) is 9.59 Å². The van der Waals surface area contributed by atoms with Crippen molar-refractivity contribution in [3.05, 3.63) is 30.1 Å². The molecule has 0 atom stereocenters. The molecular weight excluding hydrogens is 256 g/mol. The number of aromatic nitrogens is 1. The van der Waals surface area contributed by atoms with Crippen LogP contribution in [0.25, 0.3) is 0 Å². The van der Waals surface area contributed by atoms with Crippen molar-refractivity contribution < 1.29 is 14.4 Å². The average Bonchev–Trinajstić information content (AvgIpc) is 2.38. The quantitative estimate of drug-likeness (QED) is 0.848. The van der Waals surface area contributed by atoms with Crippen LogP contribution in [0.5, 0.6) is 0 Å². The Labute approximate surface area is 117 Å². The van der Waals surface area contributed by atoms with Gasteiger partial charge in [-0.1, -0.05) is 0 Å². The van der Waals surface area contributed by atoms with Gasteiger partial charge in [-0.3, -0.25) is 19.4 Å². The first-order chi connectivity index (χ1) is 9.42. The molecule has 0 aliphatic heterocycles. The zero-order valence-corrected chi connectivity index (χ0v) is 11.7. The smallest absolute Gasteiger partial charge is 0.253 e. The van der Waals surface area contributed by atoms with Crippen LogP contribution in [0.3, 0.4) is 0 Å². The van der Waals surface area contributed by atoms with Gasteiger partial charge in [-0.15, -0.1) is 0 Å². The monoisotopic (exact) mass is 274 g/mol. The Morgan fingerprint density at radius 3 is 2.50 bits per heavy atom. The number of ketones is 2. The highest BCUT2D eigenvalue weighted by molar-refractivity contribution is 6.06. The zero-order valence-electron chi connectivity index (χ0n) is 11.7. The Kier molecular flexibility index (Phi) is 3.97. The molecule has 0 aromatic carbocycles. The Bertz CT molecular complexity index is 521. The normalized spacial score (nSPS) is 17.1. The predicted molar refractivity (Wildman–Crippen MR) is 73.1 cm³/mol. The maximum atomic E-state index is 12.1. The minimum atomic E-state index is -0.887. The van der Waals surface area contributed by atoms with Crippen LogP contribution >= 0.6 is 0 Å². The first kappa shape index (κ1) is 14.4. The molecule has 1 aliphatic rings. The molecule has 1 aromatic heterocycles. The second kappa shape index (κ2) is 5.53. The number of pyridine rings is 1. The molecule has 5 nitrogen and oxygen atoms in total. The van der Waals surface area contributed by atoms with Gasteiger partial charge in [0.05, 0.1) is 17.0 Å². The average molecular weight is 274 g/mol. The van der Waals surface area contributed by atoms with Gasteiger partial charge in [0.2, 0.25) is 0 Å². The highest BCUT2D eigenvalue weighted by Gasteiger charge is 2.42. The molecule has 1 fully saturated rings. The molecule has 1 saturated carbocycles. The maximum Gasteiger partial charge on any atom is 0.253 e. The van der Waals surface area contributed by atoms with Crippen LogP contribution in [0.1, 0.15) is 43.5 Å². The SMILES string of the molecule is CC(C)(NC(=O)c1cccnc1)C1C(=O)CCCC1=O. The number of rotatable bonds is 3. The summed E-state index contributed by atoms with van der Waals surface area (Å²) in [7, 11) is 0. The van der Waals surface area contributed by atoms with Crippen LogP contribution in [0.2, 0.25) is 0 Å². The van der Waals surface area contributed by atoms with Crippen molar-refractivity contribution in [3.8, 4) is 0 Å². The summed E-state index contributed by atoms with van der Waals surface area (Å²) in [5.41, 5.74) is -0.474. The van der Waals surface area contributed by atoms with Gasteiger partial charge in [0.15, 0.2) is 0 Å². The third-order valence-corrected chi connectivity index (χ3v) is 3.57. The van der Waals surface area contributed by atoms with Crippen molar-refractivity contribution in [2.45, 2.75) is 38.6 Å². The lowest BCUT2D eigenvalue weighted by atomic mass is 9.75. The van der Waals surface area contributed by atoms with Crippen molar-refractivity contribution in [3.63, 3.8) is 0 Å². The third-order valence-electron chi connectivity index (χ3n) is 3.57. The molecule has 0 bridgehead atoms. The van der Waals surface area contributed by atoms with E-state index in [0.29, 0.717) is 24.8 Å². The molecular formula is C15H18N2O3. The van der Waals surface area contributed by atoms with Gasteiger partial charge >= 0.3 is 0 Å². The van der Waals surface area contributed by atoms with E-state index < -0.39 is 11.5 Å². The number of nitrogens with zero attached hydrogens (tertiary/aromatic N) is 1. The van der Waals surface area contributed by atoms with E-state index in [1.807, 2.05) is 0 Å². The topological polar surface area (TPSA) is 76.1 Å². The fraction of sp³-hybridized carbons (Fsp3) is 0.467. The summed E-state index contributed by atoms with van der Waals surface area (Å²) in [4.78, 5) is 40.0. The molecule has 1 aliphatic carbocycles. The van der Waals surface area contributed by atoms with E-state index in [1.165, 1.54) is 6.20 Å². The maximum absolute atomic E-state index is 12.1. The van der Waals surface area contributed by atoms with Gasteiger partial charge < -0.3 is 5.32 Å². The standard InChI is InChI=1S/C15H18N2O3/c1-15(2,13-11(18)6-3-7-12(13)19)17-14(20)10-5-4-8-16-9-10/h4-5,8-9,13H,3,6-7H2,1-2H3,(H,17,20). The summed E-state index contributed by atoms with van der Waals surface area (Å²) < 4.78 is 0. The first-order valence-electron chi connectivity index (χ1n) is 6.70. The van der Waals surface area contributed by atoms with Crippen LogP contribution < -0.4 is 5.32 Å². The fourth-order valence-corrected chi connectivity index (χ4v) is 2.64. The van der Waals surface area contributed by atoms with Gasteiger partial charge in [-0.25, -0.2) is 0 Å². The van der Waals surface area contributed by atoms with Crippen LogP contribution in [0.4, 0.5) is 0 Å². The number of carbonyl (C=O) groups is 3. The number of Topliss-reactive ketones (excluding diaryl/α,β-unsaturated/α-hetero) is 2. The highest BCUT2D eigenvalue weighted by atomic mass is 16.2. The molecule has 1 N–H and O–H groups in total. The van der Waals surface area contributed by atoms with Gasteiger partial charge in [0.25, 0.3) is 5.91 Å². The number of carbonyl (C=O) groups excluding carboxylic acids is 3. The summed E-state index contributed by atoms with van der Waals surface area (Å²) in [6.45, 7) is 3.43. The van der Waals surface area contributed by atoms with E-state index in [1.54, 1.807) is 32.2 Å². The minimum absolute atomic E-state index is 0.0854. The Hall–Kier alpha value is -2.04. The van der Waals surface area contributed by atoms with Gasteiger partial charge in [-0.2, -0.15) is 0 Å². The van der Waals surface area contributed by atoms with Gasteiger partial charge in [0, 0.05) is 25.2 Å². The molecule has 2 rings (SSSR count). The van der Waals surface area contributed by atoms with Crippen molar-refractivity contribution >= 4 is 17.5 Å². The fourth-order valence-electron chi connectivity index (χ4n) is 2.64. The minimum Gasteiger partial charge on any atom is -0.346 e. The molecule has 5 heteroatoms. The molecule has 1 amide bonds. The molecule has 0 saturated heterocycles. The predicted octanol–water partition coefficient (Wildman–Crippen LogP) is 1.53. The van der Waals surface area contributed by atoms with E-state index in [9.17, 15) is 14.4 Å². The lowest BCUT2D eigenvalue weighted by Crippen LogP contribution is -2.55. The van der Waals surface area contributed by atoms with Gasteiger partial charge in [-0.05, 0) is 32.4 Å². The van der Waals surface area contributed by atoms with E-state index >= 15 is 0 Å². The van der Waals surface area contributed by atoms with E-state index in [4.69, 9.17) is 0 Å². The van der Waals surface area contributed by atoms with Crippen molar-refractivity contribution in [2.75, 3.05) is 0 Å². The molecule has 0 radical (unpaired) electrons. The lowest BCUT2D eigenvalue weighted by molar-refractivity contribution is -0.138. The highest BCUT2D eigenvalue weighted by Crippen LogP contribution is 2.27. The number of hydrogen-bond donors (Lipinski definition) is 1. The Morgan fingerprint density at radius 2 is 1.95 bits per heavy atom. The third kappa shape index (κ3) is 2.92. The van der Waals surface area contributed by atoms with Crippen LogP contribution in [0.15, 0.2) is 24.5 Å². The van der Waals surface area contributed by atoms with E-state index in [2.05, 4.69) is 10.3 Å². The van der Waals surface area contributed by atoms with E-state index in [-0.39, 0.29) is 17.5 Å². The summed E-state index contributed by atoms with van der Waals surface area (Å²) in [5, 5.41) is 2.78. The van der Waals surface area contributed by atoms with Crippen molar-refractivity contribution in [1.82, 2.24) is 10.3 Å². The summed E-state index contributed by atoms with van der Waals surface area (Å²) in [5.74, 6) is -1.25. The second-order valence-corrected chi connectivity index (χ2v) is 5.64. The number of amides is 1. The van der Waals surface area contributed by atoms with Crippen molar-refractivity contribution in [2.24, 2.45) is 5.92 Å². The summed E-state index contributed by atoms with van der Waals surface area (Å²) in [6.07, 6.45) is 4.46. The molecule has 1 heterocycles. The molecule has 106 valence electrons. The summed E-state index contributed by atoms with van der Waals surface area (Å²) >= 11 is 0. The van der Waals surface area contributed by atoms with Crippen LogP contribution in [0, 0.1) is 5.92 Å². The van der Waals surface area contributed by atoms with E-state index in [0.717, 1.165) is 0 Å². The zero-order chi connectivity index (χ0) is 14.8. The largest absolute Gasteiger partial charge is 0.346 e. The Balaban J connectivity index is 2.16. The molecule has 1 aromatic rings. The molecule has 0 spiro atoms.